The van der Waals surface area contributed by atoms with Crippen molar-refractivity contribution < 1.29 is 4.43 Å². The third-order valence-electron chi connectivity index (χ3n) is 2.35. The van der Waals surface area contributed by atoms with Crippen molar-refractivity contribution in [1.82, 2.24) is 9.97 Å². The third kappa shape index (κ3) is 3.99. The maximum atomic E-state index is 5.84. The molecule has 19 heavy (non-hydrogen) atoms. The van der Waals surface area contributed by atoms with E-state index in [-0.39, 0.29) is 0 Å². The maximum Gasteiger partial charge on any atom is 0.229 e. The first-order valence-electron chi connectivity index (χ1n) is 6.23. The fourth-order valence-corrected chi connectivity index (χ4v) is 2.22. The highest BCUT2D eigenvalue weighted by atomic mass is 28.3. The van der Waals surface area contributed by atoms with Gasteiger partial charge >= 0.3 is 0 Å². The summed E-state index contributed by atoms with van der Waals surface area (Å²) in [5.41, 5.74) is 1.85. The molecule has 98 valence electrons. The predicted molar refractivity (Wildman–Crippen MR) is 80.0 cm³/mol. The second kappa shape index (κ2) is 6.24. The number of para-hydroxylation sites is 2. The van der Waals surface area contributed by atoms with E-state index in [1.165, 1.54) is 0 Å². The molecule has 1 aromatic heterocycles. The van der Waals surface area contributed by atoms with Crippen LogP contribution in [0.4, 0.5) is 5.69 Å². The Hall–Kier alpha value is -2.01. The van der Waals surface area contributed by atoms with Crippen molar-refractivity contribution in [1.29, 1.82) is 0 Å². The maximum absolute atomic E-state index is 5.84. The minimum absolute atomic E-state index is 0.599. The molecule has 0 atom stereocenters. The van der Waals surface area contributed by atoms with Crippen molar-refractivity contribution in [3.8, 4) is 5.75 Å². The van der Waals surface area contributed by atoms with Gasteiger partial charge in [-0.25, -0.2) is 15.0 Å². The lowest BCUT2D eigenvalue weighted by Crippen LogP contribution is -2.11. The van der Waals surface area contributed by atoms with E-state index >= 15 is 0 Å². The summed E-state index contributed by atoms with van der Waals surface area (Å²) in [6.45, 7) is 6.21. The topological polar surface area (TPSA) is 47.4 Å². The van der Waals surface area contributed by atoms with E-state index < -0.39 is 9.04 Å². The molecule has 5 heteroatoms. The Kier molecular flexibility index (Phi) is 4.41. The van der Waals surface area contributed by atoms with Crippen LogP contribution in [0.25, 0.3) is 0 Å². The van der Waals surface area contributed by atoms with Crippen LogP contribution in [-0.4, -0.2) is 25.2 Å². The SMILES string of the molecule is Cc1cnc(C=Nc2ccccc2O[SiH](C)C)nc1. The van der Waals surface area contributed by atoms with Gasteiger partial charge in [-0.3, -0.25) is 0 Å². The second-order valence-corrected chi connectivity index (χ2v) is 6.84. The summed E-state index contributed by atoms with van der Waals surface area (Å²) in [6, 6.07) is 7.76. The normalized spacial score (nSPS) is 11.2. The predicted octanol–water partition coefficient (Wildman–Crippen LogP) is 2.90. The van der Waals surface area contributed by atoms with E-state index in [2.05, 4.69) is 28.1 Å². The van der Waals surface area contributed by atoms with E-state index in [1.54, 1.807) is 18.6 Å². The third-order valence-corrected chi connectivity index (χ3v) is 3.07. The molecule has 0 aliphatic rings. The largest absolute Gasteiger partial charge is 0.546 e. The molecule has 0 amide bonds. The molecule has 4 nitrogen and oxygen atoms in total. The van der Waals surface area contributed by atoms with E-state index in [1.807, 2.05) is 31.2 Å². The molecule has 2 rings (SSSR count). The summed E-state index contributed by atoms with van der Waals surface area (Å²) in [5, 5.41) is 0. The van der Waals surface area contributed by atoms with Crippen molar-refractivity contribution in [2.75, 3.05) is 0 Å². The molecule has 0 aliphatic heterocycles. The van der Waals surface area contributed by atoms with Gasteiger partial charge in [-0.05, 0) is 37.7 Å². The zero-order valence-corrected chi connectivity index (χ0v) is 12.5. The number of nitrogens with zero attached hydrogens (tertiary/aromatic N) is 3. The highest BCUT2D eigenvalue weighted by Gasteiger charge is 2.04. The number of rotatable bonds is 4. The molecule has 0 radical (unpaired) electrons. The summed E-state index contributed by atoms with van der Waals surface area (Å²) < 4.78 is 5.84. The van der Waals surface area contributed by atoms with Gasteiger partial charge in [0.05, 0.1) is 6.21 Å². The molecule has 0 saturated heterocycles. The van der Waals surface area contributed by atoms with Crippen LogP contribution in [0.5, 0.6) is 5.75 Å². The Balaban J connectivity index is 2.20. The summed E-state index contributed by atoms with van der Waals surface area (Å²) in [4.78, 5) is 12.8. The Morgan fingerprint density at radius 3 is 2.53 bits per heavy atom. The quantitative estimate of drug-likeness (QED) is 0.634. The molecule has 0 aliphatic carbocycles. The minimum atomic E-state index is -1.14. The van der Waals surface area contributed by atoms with E-state index in [9.17, 15) is 0 Å². The van der Waals surface area contributed by atoms with Crippen LogP contribution in [-0.2, 0) is 0 Å². The van der Waals surface area contributed by atoms with Crippen LogP contribution in [0.15, 0.2) is 41.7 Å². The summed E-state index contributed by atoms with van der Waals surface area (Å²) in [5.74, 6) is 1.43. The monoisotopic (exact) mass is 271 g/mol. The molecular weight excluding hydrogens is 254 g/mol. The average molecular weight is 271 g/mol. The van der Waals surface area contributed by atoms with Crippen LogP contribution in [0.2, 0.25) is 13.1 Å². The molecule has 0 bridgehead atoms. The minimum Gasteiger partial charge on any atom is -0.546 e. The highest BCUT2D eigenvalue weighted by molar-refractivity contribution is 6.49. The lowest BCUT2D eigenvalue weighted by molar-refractivity contribution is 0.582. The average Bonchev–Trinajstić information content (AvgIpc) is 2.39. The zero-order chi connectivity index (χ0) is 13.7. The van der Waals surface area contributed by atoms with Gasteiger partial charge in [0.1, 0.15) is 11.4 Å². The van der Waals surface area contributed by atoms with Crippen LogP contribution in [0.3, 0.4) is 0 Å². The van der Waals surface area contributed by atoms with Gasteiger partial charge in [0.15, 0.2) is 5.82 Å². The van der Waals surface area contributed by atoms with E-state index in [0.717, 1.165) is 17.0 Å². The van der Waals surface area contributed by atoms with Crippen molar-refractivity contribution >= 4 is 20.9 Å². The van der Waals surface area contributed by atoms with Gasteiger partial charge in [-0.2, -0.15) is 0 Å². The number of aliphatic imine (C=N–C) groups is 1. The lowest BCUT2D eigenvalue weighted by atomic mass is 10.3. The van der Waals surface area contributed by atoms with Crippen LogP contribution >= 0.6 is 0 Å². The van der Waals surface area contributed by atoms with Gasteiger partial charge in [0.2, 0.25) is 9.04 Å². The van der Waals surface area contributed by atoms with Crippen LogP contribution < -0.4 is 4.43 Å². The summed E-state index contributed by atoms with van der Waals surface area (Å²) in [6.07, 6.45) is 5.21. The van der Waals surface area contributed by atoms with Gasteiger partial charge in [-0.1, -0.05) is 12.1 Å². The zero-order valence-electron chi connectivity index (χ0n) is 11.4. The second-order valence-electron chi connectivity index (χ2n) is 4.51. The van der Waals surface area contributed by atoms with Crippen molar-refractivity contribution in [2.24, 2.45) is 4.99 Å². The molecule has 2 aromatic rings. The Labute approximate surface area is 114 Å². The molecule has 0 spiro atoms. The number of hydrogen-bond donors (Lipinski definition) is 0. The molecule has 0 fully saturated rings. The van der Waals surface area contributed by atoms with Gasteiger partial charge < -0.3 is 4.43 Å². The fraction of sp³-hybridized carbons (Fsp3) is 0.214. The van der Waals surface area contributed by atoms with Crippen LogP contribution in [0, 0.1) is 6.92 Å². The van der Waals surface area contributed by atoms with Crippen molar-refractivity contribution in [3.63, 3.8) is 0 Å². The Morgan fingerprint density at radius 1 is 1.16 bits per heavy atom. The number of aryl methyl sites for hydroxylation is 1. The highest BCUT2D eigenvalue weighted by Crippen LogP contribution is 2.27. The smallest absolute Gasteiger partial charge is 0.229 e. The summed E-state index contributed by atoms with van der Waals surface area (Å²) >= 11 is 0. The van der Waals surface area contributed by atoms with Gasteiger partial charge in [0.25, 0.3) is 0 Å². The lowest BCUT2D eigenvalue weighted by Gasteiger charge is -2.10. The molecule has 1 aromatic carbocycles. The van der Waals surface area contributed by atoms with Gasteiger partial charge in [0, 0.05) is 12.4 Å². The van der Waals surface area contributed by atoms with Crippen molar-refractivity contribution in [3.05, 3.63) is 48.0 Å². The molecule has 1 heterocycles. The van der Waals surface area contributed by atoms with Gasteiger partial charge in [-0.15, -0.1) is 0 Å². The first-order valence-corrected chi connectivity index (χ1v) is 9.01. The molecular formula is C14H17N3OSi. The number of benzene rings is 1. The van der Waals surface area contributed by atoms with Crippen molar-refractivity contribution in [2.45, 2.75) is 20.0 Å². The number of aromatic nitrogens is 2. The molecule has 0 saturated carbocycles. The van der Waals surface area contributed by atoms with Crippen LogP contribution in [0.1, 0.15) is 11.4 Å². The van der Waals surface area contributed by atoms with E-state index in [4.69, 9.17) is 4.43 Å². The Bertz CT molecular complexity index is 567. The van der Waals surface area contributed by atoms with E-state index in [0.29, 0.717) is 5.82 Å². The fourth-order valence-electron chi connectivity index (χ4n) is 1.51. The summed E-state index contributed by atoms with van der Waals surface area (Å²) in [7, 11) is -1.14. The Morgan fingerprint density at radius 2 is 1.84 bits per heavy atom. The standard InChI is InChI=1S/C14H17N3OSi/c1-11-8-16-14(17-9-11)10-15-12-6-4-5-7-13(12)18-19(2)3/h4-10,19H,1-3H3. The first kappa shape index (κ1) is 13.4. The molecule has 0 N–H and O–H groups in total. The molecule has 0 unspecified atom stereocenters. The first-order chi connectivity index (χ1) is 9.15. The number of hydrogen-bond acceptors (Lipinski definition) is 4.